The lowest BCUT2D eigenvalue weighted by Crippen LogP contribution is -2.28. The van der Waals surface area contributed by atoms with Crippen molar-refractivity contribution in [2.24, 2.45) is 5.92 Å². The molecule has 7 nitrogen and oxygen atoms in total. The molecule has 4 aromatic rings. The van der Waals surface area contributed by atoms with Gasteiger partial charge < -0.3 is 15.6 Å². The number of aromatic nitrogens is 5. The molecule has 1 aliphatic rings. The number of rotatable bonds is 7. The van der Waals surface area contributed by atoms with Gasteiger partial charge in [-0.3, -0.25) is 15.1 Å². The maximum Gasteiger partial charge on any atom is 0.116 e. The third-order valence-corrected chi connectivity index (χ3v) is 6.55. The van der Waals surface area contributed by atoms with Crippen LogP contribution in [0.5, 0.6) is 0 Å². The van der Waals surface area contributed by atoms with Crippen LogP contribution in [0.25, 0.3) is 40.6 Å². The van der Waals surface area contributed by atoms with Crippen molar-refractivity contribution in [3.8, 4) is 11.4 Å². The standard InChI is InChI=1S/C28H31N7/c1-18(22-14-23(17-30-16-22)32-19(2)13-21-8-11-29-12-9-21)6-7-24-20(3)28(35-34-24)27-15-26-25(33-27)5-4-10-31-26/h4-7,10,14-17,21,29,32-34H,2-3,8-9,11-13H2,1H3/b18-6+,24-7+. The van der Waals surface area contributed by atoms with Crippen molar-refractivity contribution < 1.29 is 0 Å². The Morgan fingerprint density at radius 3 is 2.91 bits per heavy atom. The summed E-state index contributed by atoms with van der Waals surface area (Å²) in [5, 5.41) is 16.2. The highest BCUT2D eigenvalue weighted by Gasteiger charge is 2.14. The minimum atomic E-state index is 0.695. The molecule has 0 spiro atoms. The number of hydrogen-bond donors (Lipinski definition) is 4. The number of H-pyrrole nitrogens is 2. The zero-order chi connectivity index (χ0) is 24.2. The molecule has 4 aromatic heterocycles. The zero-order valence-electron chi connectivity index (χ0n) is 20.1. The molecule has 35 heavy (non-hydrogen) atoms. The topological polar surface area (TPSA) is 94.3 Å². The van der Waals surface area contributed by atoms with Gasteiger partial charge in [-0.2, -0.15) is 5.10 Å². The van der Waals surface area contributed by atoms with Crippen molar-refractivity contribution in [2.75, 3.05) is 18.4 Å². The number of piperidine rings is 1. The summed E-state index contributed by atoms with van der Waals surface area (Å²) in [7, 11) is 0. The average Bonchev–Trinajstić information content (AvgIpc) is 3.46. The van der Waals surface area contributed by atoms with E-state index >= 15 is 0 Å². The van der Waals surface area contributed by atoms with E-state index in [1.54, 1.807) is 6.20 Å². The number of nitrogens with one attached hydrogen (secondary N) is 4. The summed E-state index contributed by atoms with van der Waals surface area (Å²) in [4.78, 5) is 12.2. The van der Waals surface area contributed by atoms with Gasteiger partial charge in [0.05, 0.1) is 34.0 Å². The molecule has 0 bridgehead atoms. The molecule has 1 fully saturated rings. The van der Waals surface area contributed by atoms with Gasteiger partial charge in [0.25, 0.3) is 0 Å². The normalized spacial score (nSPS) is 15.6. The number of aromatic amines is 2. The Bertz CT molecular complexity index is 1450. The van der Waals surface area contributed by atoms with Crippen molar-refractivity contribution in [1.29, 1.82) is 0 Å². The fraction of sp³-hybridized carbons (Fsp3) is 0.250. The lowest BCUT2D eigenvalue weighted by Gasteiger charge is -2.23. The van der Waals surface area contributed by atoms with Gasteiger partial charge in [0.1, 0.15) is 5.69 Å². The van der Waals surface area contributed by atoms with Crippen LogP contribution in [0, 0.1) is 5.92 Å². The van der Waals surface area contributed by atoms with Gasteiger partial charge in [-0.15, -0.1) is 0 Å². The molecule has 4 N–H and O–H groups in total. The van der Waals surface area contributed by atoms with Gasteiger partial charge in [-0.05, 0) is 86.7 Å². The van der Waals surface area contributed by atoms with Crippen LogP contribution in [0.1, 0.15) is 31.7 Å². The van der Waals surface area contributed by atoms with Gasteiger partial charge in [0, 0.05) is 23.3 Å². The molecular weight excluding hydrogens is 434 g/mol. The van der Waals surface area contributed by atoms with E-state index in [1.807, 2.05) is 36.7 Å². The largest absolute Gasteiger partial charge is 0.358 e. The minimum absolute atomic E-state index is 0.695. The Labute approximate surface area is 204 Å². The molecule has 1 saturated heterocycles. The first-order chi connectivity index (χ1) is 17.1. The molecule has 1 aliphatic heterocycles. The van der Waals surface area contributed by atoms with E-state index in [-0.39, 0.29) is 0 Å². The van der Waals surface area contributed by atoms with Crippen LogP contribution in [-0.4, -0.2) is 38.2 Å². The summed E-state index contributed by atoms with van der Waals surface area (Å²) < 4.78 is 0. The van der Waals surface area contributed by atoms with Crippen molar-refractivity contribution in [1.82, 2.24) is 30.5 Å². The van der Waals surface area contributed by atoms with E-state index in [4.69, 9.17) is 0 Å². The quantitative estimate of drug-likeness (QED) is 0.332. The van der Waals surface area contributed by atoms with Gasteiger partial charge in [0.15, 0.2) is 0 Å². The molecule has 0 saturated carbocycles. The minimum Gasteiger partial charge on any atom is -0.358 e. The average molecular weight is 466 g/mol. The highest BCUT2D eigenvalue weighted by atomic mass is 15.1. The third kappa shape index (κ3) is 5.25. The van der Waals surface area contributed by atoms with Crippen LogP contribution in [-0.2, 0) is 0 Å². The van der Waals surface area contributed by atoms with Crippen molar-refractivity contribution in [3.05, 3.63) is 77.3 Å². The number of allylic oxidation sites excluding steroid dienone is 3. The van der Waals surface area contributed by atoms with Crippen LogP contribution < -0.4 is 21.2 Å². The van der Waals surface area contributed by atoms with Crippen LogP contribution in [0.4, 0.5) is 5.69 Å². The maximum atomic E-state index is 4.48. The fourth-order valence-corrected chi connectivity index (χ4v) is 4.54. The first kappa shape index (κ1) is 22.8. The lowest BCUT2D eigenvalue weighted by molar-refractivity contribution is 0.373. The Morgan fingerprint density at radius 2 is 2.09 bits per heavy atom. The third-order valence-electron chi connectivity index (χ3n) is 6.55. The van der Waals surface area contributed by atoms with Crippen LogP contribution >= 0.6 is 0 Å². The summed E-state index contributed by atoms with van der Waals surface area (Å²) in [6, 6.07) is 8.02. The monoisotopic (exact) mass is 465 g/mol. The summed E-state index contributed by atoms with van der Waals surface area (Å²) in [6.45, 7) is 12.8. The van der Waals surface area contributed by atoms with Crippen LogP contribution in [0.3, 0.4) is 0 Å². The zero-order valence-corrected chi connectivity index (χ0v) is 20.1. The predicted molar refractivity (Wildman–Crippen MR) is 144 cm³/mol. The van der Waals surface area contributed by atoms with E-state index in [9.17, 15) is 0 Å². The molecule has 178 valence electrons. The van der Waals surface area contributed by atoms with Crippen LogP contribution in [0.2, 0.25) is 0 Å². The summed E-state index contributed by atoms with van der Waals surface area (Å²) in [5.41, 5.74) is 7.72. The van der Waals surface area contributed by atoms with Gasteiger partial charge in [0.2, 0.25) is 0 Å². The summed E-state index contributed by atoms with van der Waals surface area (Å²) in [6.07, 6.45) is 13.0. The summed E-state index contributed by atoms with van der Waals surface area (Å²) in [5.74, 6) is 0.695. The SMILES string of the molecule is C=C(CC1CCNCC1)Nc1cncc(/C(C)=C/C=c2/[nH]nc(-c3cc4ncccc4[nH]3)c2=C)c1. The van der Waals surface area contributed by atoms with Gasteiger partial charge >= 0.3 is 0 Å². The first-order valence-electron chi connectivity index (χ1n) is 12.0. The Kier molecular flexibility index (Phi) is 6.59. The molecule has 0 atom stereocenters. The van der Waals surface area contributed by atoms with Crippen molar-refractivity contribution >= 4 is 34.9 Å². The van der Waals surface area contributed by atoms with E-state index in [0.717, 1.165) is 75.0 Å². The second-order valence-corrected chi connectivity index (χ2v) is 9.19. The highest BCUT2D eigenvalue weighted by Crippen LogP contribution is 2.23. The maximum absolute atomic E-state index is 4.48. The van der Waals surface area contributed by atoms with E-state index in [2.05, 4.69) is 68.0 Å². The molecule has 5 rings (SSSR count). The lowest BCUT2D eigenvalue weighted by atomic mass is 9.93. The molecule has 0 radical (unpaired) electrons. The molecule has 0 unspecified atom stereocenters. The van der Waals surface area contributed by atoms with E-state index in [1.165, 1.54) is 12.8 Å². The molecule has 7 heteroatoms. The van der Waals surface area contributed by atoms with Gasteiger partial charge in [-0.25, -0.2) is 0 Å². The van der Waals surface area contributed by atoms with E-state index < -0.39 is 0 Å². The second kappa shape index (κ2) is 10.1. The predicted octanol–water partition coefficient (Wildman–Crippen LogP) is 3.96. The van der Waals surface area contributed by atoms with Crippen molar-refractivity contribution in [3.63, 3.8) is 0 Å². The number of hydrogen-bond acceptors (Lipinski definition) is 5. The fourth-order valence-electron chi connectivity index (χ4n) is 4.54. The summed E-state index contributed by atoms with van der Waals surface area (Å²) >= 11 is 0. The van der Waals surface area contributed by atoms with Crippen LogP contribution in [0.15, 0.2) is 61.2 Å². The molecule has 0 aromatic carbocycles. The smallest absolute Gasteiger partial charge is 0.116 e. The van der Waals surface area contributed by atoms with Gasteiger partial charge in [-0.1, -0.05) is 19.2 Å². The Morgan fingerprint density at radius 1 is 1.23 bits per heavy atom. The molecule has 0 amide bonds. The van der Waals surface area contributed by atoms with Crippen molar-refractivity contribution in [2.45, 2.75) is 26.2 Å². The number of pyridine rings is 2. The molecule has 0 aliphatic carbocycles. The Balaban J connectivity index is 1.31. The second-order valence-electron chi connectivity index (χ2n) is 9.19. The number of fused-ring (bicyclic) bond motifs is 1. The first-order valence-corrected chi connectivity index (χ1v) is 12.0. The Hall–Kier alpha value is -3.97. The highest BCUT2D eigenvalue weighted by molar-refractivity contribution is 5.81. The van der Waals surface area contributed by atoms with E-state index in [0.29, 0.717) is 5.92 Å². The molecule has 5 heterocycles. The number of anilines is 1. The molecular formula is C28H31N7. The number of nitrogens with zero attached hydrogens (tertiary/aromatic N) is 3.